The summed E-state index contributed by atoms with van der Waals surface area (Å²) in [4.78, 5) is 37.8. The Morgan fingerprint density at radius 2 is 2.06 bits per heavy atom. The van der Waals surface area contributed by atoms with E-state index in [0.29, 0.717) is 22.2 Å². The Balaban J connectivity index is 1.82. The third kappa shape index (κ3) is 5.89. The van der Waals surface area contributed by atoms with Crippen LogP contribution in [0.4, 0.5) is 5.69 Å². The second-order valence-electron chi connectivity index (χ2n) is 7.03. The molecule has 2 amide bonds. The molecule has 33 heavy (non-hydrogen) atoms. The minimum absolute atomic E-state index is 0.103. The molecule has 0 radical (unpaired) electrons. The number of aliphatic carboxylic acids is 1. The normalized spacial score (nSPS) is 15.3. The summed E-state index contributed by atoms with van der Waals surface area (Å²) in [6.45, 7) is 1.75. The van der Waals surface area contributed by atoms with Crippen molar-refractivity contribution in [2.24, 2.45) is 0 Å². The maximum Gasteiger partial charge on any atom is 0.323 e. The molecule has 13 heteroatoms. The molecule has 0 bridgehead atoms. The monoisotopic (exact) mass is 515 g/mol. The van der Waals surface area contributed by atoms with Crippen molar-refractivity contribution in [3.05, 3.63) is 45.1 Å². The zero-order chi connectivity index (χ0) is 24.2. The fourth-order valence-corrected chi connectivity index (χ4v) is 5.81. The van der Waals surface area contributed by atoms with Crippen LogP contribution in [0.1, 0.15) is 22.2 Å². The van der Waals surface area contributed by atoms with Crippen LogP contribution in [0.15, 0.2) is 35.2 Å². The summed E-state index contributed by atoms with van der Waals surface area (Å²) in [6, 6.07) is 5.87. The molecular formula is C20H22ClN3O7S2. The first-order valence-corrected chi connectivity index (χ1v) is 12.6. The van der Waals surface area contributed by atoms with E-state index < -0.39 is 34.5 Å². The number of carbonyl (C=O) groups is 3. The largest absolute Gasteiger partial charge is 0.480 e. The smallest absolute Gasteiger partial charge is 0.323 e. The summed E-state index contributed by atoms with van der Waals surface area (Å²) in [5, 5.41) is 11.9. The van der Waals surface area contributed by atoms with E-state index in [1.54, 1.807) is 13.0 Å². The molecule has 1 aromatic carbocycles. The van der Waals surface area contributed by atoms with E-state index in [4.69, 9.17) is 16.3 Å². The number of nitrogens with one attached hydrogen (secondary N) is 2. The lowest BCUT2D eigenvalue weighted by Gasteiger charge is -2.29. The van der Waals surface area contributed by atoms with Crippen LogP contribution in [0, 0.1) is 0 Å². The molecule has 1 aliphatic heterocycles. The number of hydrogen-bond donors (Lipinski definition) is 3. The topological polar surface area (TPSA) is 142 Å². The number of sulfonamides is 1. The molecule has 10 nitrogen and oxygen atoms in total. The summed E-state index contributed by atoms with van der Waals surface area (Å²) < 4.78 is 33.9. The van der Waals surface area contributed by atoms with E-state index in [0.717, 1.165) is 11.3 Å². The highest BCUT2D eigenvalue weighted by atomic mass is 35.5. The van der Waals surface area contributed by atoms with Crippen LogP contribution in [0.2, 0.25) is 4.34 Å². The second kappa shape index (κ2) is 10.6. The number of benzene rings is 1. The highest BCUT2D eigenvalue weighted by molar-refractivity contribution is 7.89. The maximum atomic E-state index is 13.1. The molecule has 0 aliphatic carbocycles. The number of ether oxygens (including phenoxy) is 1. The first-order valence-electron chi connectivity index (χ1n) is 9.92. The minimum Gasteiger partial charge on any atom is -0.480 e. The molecule has 1 saturated heterocycles. The Kier molecular flexibility index (Phi) is 8.08. The van der Waals surface area contributed by atoms with E-state index >= 15 is 0 Å². The fourth-order valence-electron chi connectivity index (χ4n) is 3.34. The van der Waals surface area contributed by atoms with Crippen LogP contribution < -0.4 is 14.9 Å². The van der Waals surface area contributed by atoms with Gasteiger partial charge in [-0.2, -0.15) is 4.72 Å². The summed E-state index contributed by atoms with van der Waals surface area (Å²) in [6.07, 6.45) is 0.282. The van der Waals surface area contributed by atoms with Crippen molar-refractivity contribution in [2.75, 3.05) is 31.2 Å². The molecule has 0 saturated carbocycles. The number of carboxylic acid groups (broad SMARTS) is 1. The highest BCUT2D eigenvalue weighted by Gasteiger charge is 2.30. The van der Waals surface area contributed by atoms with Gasteiger partial charge in [-0.25, -0.2) is 8.42 Å². The van der Waals surface area contributed by atoms with Crippen molar-refractivity contribution in [3.8, 4) is 0 Å². The first kappa shape index (κ1) is 25.1. The van der Waals surface area contributed by atoms with Crippen molar-refractivity contribution in [1.29, 1.82) is 0 Å². The second-order valence-corrected chi connectivity index (χ2v) is 10.4. The van der Waals surface area contributed by atoms with Gasteiger partial charge in [0.25, 0.3) is 11.8 Å². The number of hydrogen-bond acceptors (Lipinski definition) is 7. The fraction of sp³-hybridized carbons (Fsp3) is 0.350. The van der Waals surface area contributed by atoms with Crippen LogP contribution in [0.25, 0.3) is 0 Å². The number of carboxylic acids is 1. The van der Waals surface area contributed by atoms with Gasteiger partial charge < -0.3 is 20.1 Å². The summed E-state index contributed by atoms with van der Waals surface area (Å²) in [5.41, 5.74) is 0.810. The molecule has 1 unspecified atom stereocenters. The lowest BCUT2D eigenvalue weighted by Crippen LogP contribution is -2.48. The molecule has 1 atom stereocenters. The Bertz CT molecular complexity index is 1170. The average Bonchev–Trinajstić information content (AvgIpc) is 3.22. The molecule has 0 spiro atoms. The number of carbonyl (C=O) groups excluding carboxylic acids is 2. The van der Waals surface area contributed by atoms with Crippen LogP contribution in [-0.4, -0.2) is 63.7 Å². The van der Waals surface area contributed by atoms with Gasteiger partial charge in [0, 0.05) is 18.8 Å². The van der Waals surface area contributed by atoms with E-state index in [-0.39, 0.29) is 35.3 Å². The number of rotatable bonds is 9. The van der Waals surface area contributed by atoms with Crippen molar-refractivity contribution in [3.63, 3.8) is 0 Å². The number of thiophene rings is 1. The van der Waals surface area contributed by atoms with Crippen molar-refractivity contribution >= 4 is 56.4 Å². The van der Waals surface area contributed by atoms with Crippen molar-refractivity contribution in [2.45, 2.75) is 24.3 Å². The number of amides is 2. The number of morpholine rings is 1. The van der Waals surface area contributed by atoms with Crippen molar-refractivity contribution in [1.82, 2.24) is 10.0 Å². The SMILES string of the molecule is CCc1c(N2CCOCC2=O)cccc1S(=O)(=O)NC(CNC(=O)c1ccc(Cl)s1)C(=O)O. The van der Waals surface area contributed by atoms with Gasteiger partial charge in [-0.05, 0) is 36.2 Å². The van der Waals surface area contributed by atoms with Gasteiger partial charge in [-0.3, -0.25) is 14.4 Å². The lowest BCUT2D eigenvalue weighted by molar-refractivity contribution is -0.138. The molecule has 1 aromatic heterocycles. The molecule has 3 N–H and O–H groups in total. The molecular weight excluding hydrogens is 494 g/mol. The van der Waals surface area contributed by atoms with Crippen LogP contribution in [0.5, 0.6) is 0 Å². The van der Waals surface area contributed by atoms with Gasteiger partial charge >= 0.3 is 5.97 Å². The summed E-state index contributed by atoms with van der Waals surface area (Å²) in [7, 11) is -4.30. The number of nitrogens with zero attached hydrogens (tertiary/aromatic N) is 1. The molecule has 178 valence electrons. The number of halogens is 1. The van der Waals surface area contributed by atoms with E-state index in [1.165, 1.54) is 29.2 Å². The van der Waals surface area contributed by atoms with Gasteiger partial charge in [0.15, 0.2) is 0 Å². The third-order valence-corrected chi connectivity index (χ3v) is 7.67. The molecule has 1 fully saturated rings. The Morgan fingerprint density at radius 1 is 1.30 bits per heavy atom. The first-order chi connectivity index (χ1) is 15.6. The van der Waals surface area contributed by atoms with Gasteiger partial charge in [0.05, 0.1) is 20.7 Å². The zero-order valence-electron chi connectivity index (χ0n) is 17.5. The van der Waals surface area contributed by atoms with E-state index in [2.05, 4.69) is 10.0 Å². The highest BCUT2D eigenvalue weighted by Crippen LogP contribution is 2.29. The van der Waals surface area contributed by atoms with Gasteiger partial charge in [0.1, 0.15) is 12.6 Å². The van der Waals surface area contributed by atoms with Crippen LogP contribution in [-0.2, 0) is 30.8 Å². The maximum absolute atomic E-state index is 13.1. The molecule has 2 heterocycles. The standard InChI is InChI=1S/C20H22ClN3O7S2/c1-2-12-14(24-8-9-31-11-18(24)25)4-3-5-16(12)33(29,30)23-13(20(27)28)10-22-19(26)15-6-7-17(21)32-15/h3-7,13,23H,2,8-11H2,1H3,(H,22,26)(H,27,28). The van der Waals surface area contributed by atoms with Crippen LogP contribution >= 0.6 is 22.9 Å². The number of anilines is 1. The molecule has 1 aliphatic rings. The van der Waals surface area contributed by atoms with Crippen molar-refractivity contribution < 1.29 is 32.6 Å². The zero-order valence-corrected chi connectivity index (χ0v) is 19.9. The predicted octanol–water partition coefficient (Wildman–Crippen LogP) is 1.49. The van der Waals surface area contributed by atoms with Gasteiger partial charge in [-0.15, -0.1) is 11.3 Å². The third-order valence-electron chi connectivity index (χ3n) is 4.89. The predicted molar refractivity (Wildman–Crippen MR) is 122 cm³/mol. The molecule has 2 aromatic rings. The van der Waals surface area contributed by atoms with E-state index in [1.807, 2.05) is 0 Å². The van der Waals surface area contributed by atoms with Gasteiger partial charge in [0.2, 0.25) is 10.0 Å². The summed E-state index contributed by atoms with van der Waals surface area (Å²) in [5.74, 6) is -2.32. The quantitative estimate of drug-likeness (QED) is 0.459. The van der Waals surface area contributed by atoms with Crippen LogP contribution in [0.3, 0.4) is 0 Å². The van der Waals surface area contributed by atoms with E-state index in [9.17, 15) is 27.9 Å². The Morgan fingerprint density at radius 3 is 2.67 bits per heavy atom. The Hall–Kier alpha value is -2.51. The minimum atomic E-state index is -4.30. The summed E-state index contributed by atoms with van der Waals surface area (Å²) >= 11 is 6.81. The lowest BCUT2D eigenvalue weighted by atomic mass is 10.1. The Labute approximate surface area is 199 Å². The van der Waals surface area contributed by atoms with Gasteiger partial charge in [-0.1, -0.05) is 24.6 Å². The average molecular weight is 516 g/mol. The molecule has 3 rings (SSSR count).